The molecule has 408 valence electrons. The first kappa shape index (κ1) is 57.5. The van der Waals surface area contributed by atoms with Crippen LogP contribution in [0.2, 0.25) is 0 Å². The van der Waals surface area contributed by atoms with E-state index in [4.69, 9.17) is 9.47 Å². The van der Waals surface area contributed by atoms with Gasteiger partial charge in [-0.15, -0.1) is 0 Å². The molecule has 3 heterocycles. The van der Waals surface area contributed by atoms with Crippen molar-refractivity contribution in [1.82, 2.24) is 15.1 Å². The van der Waals surface area contributed by atoms with Crippen molar-refractivity contribution in [3.8, 4) is 12.1 Å². The molecule has 0 bridgehead atoms. The highest BCUT2D eigenvalue weighted by Crippen LogP contribution is 2.48. The molecule has 1 aliphatic carbocycles. The first-order valence-corrected chi connectivity index (χ1v) is 24.7. The third kappa shape index (κ3) is 12.5. The quantitative estimate of drug-likeness (QED) is 0.140. The molecule has 2 amide bonds. The fourth-order valence-corrected chi connectivity index (χ4v) is 10.8. The van der Waals surface area contributed by atoms with Gasteiger partial charge in [-0.05, 0) is 124 Å². The van der Waals surface area contributed by atoms with Crippen LogP contribution in [0.5, 0.6) is 0 Å². The summed E-state index contributed by atoms with van der Waals surface area (Å²) in [7, 11) is 0. The number of piperidine rings is 1. The number of halogens is 12. The predicted molar refractivity (Wildman–Crippen MR) is 252 cm³/mol. The molecule has 21 heteroatoms. The van der Waals surface area contributed by atoms with Gasteiger partial charge in [0.15, 0.2) is 0 Å². The first-order chi connectivity index (χ1) is 35.6. The number of alkyl halides is 12. The fourth-order valence-electron chi connectivity index (χ4n) is 10.8. The van der Waals surface area contributed by atoms with Gasteiger partial charge in [0.25, 0.3) is 0 Å². The number of nitrogens with one attached hydrogen (secondary N) is 1. The summed E-state index contributed by atoms with van der Waals surface area (Å²) >= 11 is 0. The molecule has 0 aromatic heterocycles. The highest BCUT2D eigenvalue weighted by Gasteiger charge is 2.52. The molecule has 0 unspecified atom stereocenters. The van der Waals surface area contributed by atoms with Gasteiger partial charge in [0, 0.05) is 37.9 Å². The Labute approximate surface area is 431 Å². The maximum absolute atomic E-state index is 13.4. The molecule has 0 radical (unpaired) electrons. The van der Waals surface area contributed by atoms with E-state index in [9.17, 15) is 72.8 Å². The van der Waals surface area contributed by atoms with Gasteiger partial charge in [-0.1, -0.05) is 60.7 Å². The predicted octanol–water partition coefficient (Wildman–Crippen LogP) is 13.2. The van der Waals surface area contributed by atoms with E-state index in [2.05, 4.69) is 17.5 Å². The van der Waals surface area contributed by atoms with Gasteiger partial charge in [-0.25, -0.2) is 0 Å². The number of likely N-dealkylation sites (tertiary alicyclic amines) is 2. The minimum Gasteiger partial charge on any atom is -0.373 e. The first-order valence-electron chi connectivity index (χ1n) is 24.7. The van der Waals surface area contributed by atoms with Crippen LogP contribution in [0.1, 0.15) is 135 Å². The fraction of sp³-hybridized carbons (Fsp3) is 0.491. The van der Waals surface area contributed by atoms with Crippen LogP contribution in [0.15, 0.2) is 97.1 Å². The van der Waals surface area contributed by atoms with Crippen LogP contribution in [0, 0.1) is 22.7 Å². The van der Waals surface area contributed by atoms with Crippen LogP contribution in [0.3, 0.4) is 0 Å². The zero-order valence-electron chi connectivity index (χ0n) is 41.5. The highest BCUT2D eigenvalue weighted by molar-refractivity contribution is 5.80. The molecular weight excluding hydrogens is 1020 g/mol. The number of nitrogens with zero attached hydrogens (tertiary/aromatic N) is 4. The third-order valence-electron chi connectivity index (χ3n) is 15.4. The molecule has 1 saturated carbocycles. The number of amides is 2. The lowest BCUT2D eigenvalue weighted by Gasteiger charge is -2.48. The standard InChI is InChI=1S/C28H28F6N2O2.C27H27F6N3O2/c1-19(20-14-22(27(29,30)31)16-23(15-20)28(32,33)34)38-18-25(21-6-3-2-4-7-21)9-11-26(17-35,12-10-25)36-13-5-8-24(36)37;1-18(19-12-21(26(28,29)30)14-22(13-19)27(31,32)33)38-17-25(20-6-3-2-4-7-20)10-9-24(15-34,16-35-25)36-11-5-8-23(36)37/h2-4,6-7,14-16,19H,5,8-13,18H2,1H3;2-4,6-7,12-14,18,35H,5,8-11,16-17H2,1H3/t19-,25?,26?;18-,24+,25-/m11/s1. The number of carbonyl (C=O) groups is 2. The maximum atomic E-state index is 13.4. The second-order valence-corrected chi connectivity index (χ2v) is 20.1. The summed E-state index contributed by atoms with van der Waals surface area (Å²) in [4.78, 5) is 28.1. The maximum Gasteiger partial charge on any atom is 0.416 e. The average molecular weight is 1080 g/mol. The van der Waals surface area contributed by atoms with Gasteiger partial charge in [-0.3, -0.25) is 9.59 Å². The average Bonchev–Trinajstić information content (AvgIpc) is 4.05. The van der Waals surface area contributed by atoms with Crippen molar-refractivity contribution < 1.29 is 71.7 Å². The van der Waals surface area contributed by atoms with Crippen LogP contribution in [0.4, 0.5) is 52.7 Å². The molecule has 4 atom stereocenters. The second-order valence-electron chi connectivity index (χ2n) is 20.1. The smallest absolute Gasteiger partial charge is 0.373 e. The normalized spacial score (nSPS) is 25.3. The molecule has 4 fully saturated rings. The number of benzene rings is 4. The van der Waals surface area contributed by atoms with Gasteiger partial charge in [0.2, 0.25) is 11.8 Å². The van der Waals surface area contributed by atoms with E-state index < -0.39 is 81.2 Å². The molecule has 4 aromatic rings. The Balaban J connectivity index is 0.000000221. The van der Waals surface area contributed by atoms with Crippen LogP contribution >= 0.6 is 0 Å². The topological polar surface area (TPSA) is 119 Å². The summed E-state index contributed by atoms with van der Waals surface area (Å²) in [6.07, 6.45) is -17.4. The number of hydrogen-bond acceptors (Lipinski definition) is 7. The van der Waals surface area contributed by atoms with Gasteiger partial charge in [0.1, 0.15) is 11.1 Å². The molecule has 76 heavy (non-hydrogen) atoms. The van der Waals surface area contributed by atoms with E-state index in [1.165, 1.54) is 13.8 Å². The molecule has 3 aliphatic heterocycles. The monoisotopic (exact) mass is 1080 g/mol. The van der Waals surface area contributed by atoms with Crippen LogP contribution in [0.25, 0.3) is 0 Å². The minimum absolute atomic E-state index is 0.0330. The summed E-state index contributed by atoms with van der Waals surface area (Å²) in [5, 5.41) is 23.4. The van der Waals surface area contributed by atoms with Crippen molar-refractivity contribution in [2.75, 3.05) is 32.8 Å². The lowest BCUT2D eigenvalue weighted by atomic mass is 9.64. The Kier molecular flexibility index (Phi) is 16.7. The zero-order valence-corrected chi connectivity index (χ0v) is 41.5. The van der Waals surface area contributed by atoms with Crippen molar-refractivity contribution in [3.63, 3.8) is 0 Å². The molecular formula is C55H55F12N5O4. The second kappa shape index (κ2) is 22.1. The number of hydrogen-bond donors (Lipinski definition) is 1. The lowest BCUT2D eigenvalue weighted by molar-refractivity contribution is -0.145. The van der Waals surface area contributed by atoms with Crippen molar-refractivity contribution >= 4 is 11.8 Å². The zero-order chi connectivity index (χ0) is 55.5. The summed E-state index contributed by atoms with van der Waals surface area (Å²) in [5.74, 6) is -0.135. The number of rotatable bonds is 12. The molecule has 4 aliphatic rings. The molecule has 9 nitrogen and oxygen atoms in total. The molecule has 8 rings (SSSR count). The third-order valence-corrected chi connectivity index (χ3v) is 15.4. The van der Waals surface area contributed by atoms with E-state index in [0.717, 1.165) is 11.1 Å². The van der Waals surface area contributed by atoms with Gasteiger partial charge < -0.3 is 24.6 Å². The number of ether oxygens (including phenoxy) is 2. The van der Waals surface area contributed by atoms with Gasteiger partial charge in [0.05, 0.1) is 65.4 Å². The van der Waals surface area contributed by atoms with Gasteiger partial charge >= 0.3 is 24.7 Å². The minimum atomic E-state index is -4.96. The largest absolute Gasteiger partial charge is 0.416 e. The summed E-state index contributed by atoms with van der Waals surface area (Å²) in [6, 6.07) is 26.0. The summed E-state index contributed by atoms with van der Waals surface area (Å²) < 4.78 is 172. The summed E-state index contributed by atoms with van der Waals surface area (Å²) in [6.45, 7) is 3.94. The Bertz CT molecular complexity index is 2520. The molecule has 1 N–H and O–H groups in total. The van der Waals surface area contributed by atoms with Crippen LogP contribution < -0.4 is 5.32 Å². The van der Waals surface area contributed by atoms with E-state index >= 15 is 0 Å². The van der Waals surface area contributed by atoms with E-state index in [1.54, 1.807) is 21.9 Å². The van der Waals surface area contributed by atoms with Crippen molar-refractivity contribution in [3.05, 3.63) is 142 Å². The van der Waals surface area contributed by atoms with E-state index in [1.807, 2.05) is 48.5 Å². The Hall–Kier alpha value is -6.16. The number of nitriles is 2. The van der Waals surface area contributed by atoms with Gasteiger partial charge in [-0.2, -0.15) is 63.2 Å². The lowest BCUT2D eigenvalue weighted by Crippen LogP contribution is -2.64. The van der Waals surface area contributed by atoms with Crippen LogP contribution in [-0.2, 0) is 54.7 Å². The highest BCUT2D eigenvalue weighted by atomic mass is 19.4. The Morgan fingerprint density at radius 2 is 0.921 bits per heavy atom. The molecule has 0 spiro atoms. The Morgan fingerprint density at radius 1 is 0.539 bits per heavy atom. The van der Waals surface area contributed by atoms with E-state index in [-0.39, 0.29) is 54.8 Å². The number of carbonyl (C=O) groups excluding carboxylic acids is 2. The SMILES string of the molecule is C[C@@H](OCC1(c2ccccc2)CCC(C#N)(N2CCCC2=O)CC1)c1cc(C(F)(F)F)cc(C(F)(F)F)c1.C[C@@H](OC[C@@]1(c2ccccc2)CC[C@@](C#N)(N2CCCC2=O)CN1)c1cc(C(F)(F)F)cc(C(F)(F)F)c1. The van der Waals surface area contributed by atoms with E-state index in [0.29, 0.717) is 102 Å². The van der Waals surface area contributed by atoms with Crippen molar-refractivity contribution in [2.24, 2.45) is 0 Å². The Morgan fingerprint density at radius 3 is 1.28 bits per heavy atom. The van der Waals surface area contributed by atoms with Crippen molar-refractivity contribution in [1.29, 1.82) is 10.5 Å². The summed E-state index contributed by atoms with van der Waals surface area (Å²) in [5.41, 5.74) is -7.80. The van der Waals surface area contributed by atoms with Crippen LogP contribution in [-0.4, -0.2) is 65.5 Å². The molecule has 4 aromatic carbocycles. The van der Waals surface area contributed by atoms with Crippen molar-refractivity contribution in [2.45, 2.75) is 137 Å². The molecule has 3 saturated heterocycles.